The summed E-state index contributed by atoms with van der Waals surface area (Å²) in [5, 5.41) is 3.31. The van der Waals surface area contributed by atoms with Crippen LogP contribution in [-0.2, 0) is 9.53 Å². The molecule has 0 spiro atoms. The minimum atomic E-state index is -4.60. The number of anilines is 1. The summed E-state index contributed by atoms with van der Waals surface area (Å²) < 4.78 is 45.5. The lowest BCUT2D eigenvalue weighted by molar-refractivity contribution is -0.237. The van der Waals surface area contributed by atoms with Crippen molar-refractivity contribution in [1.29, 1.82) is 0 Å². The number of alkyl halides is 3. The third-order valence-electron chi connectivity index (χ3n) is 4.47. The first-order valence-electron chi connectivity index (χ1n) is 7.37. The Kier molecular flexibility index (Phi) is 3.83. The van der Waals surface area contributed by atoms with Gasteiger partial charge in [-0.2, -0.15) is 13.2 Å². The van der Waals surface area contributed by atoms with E-state index >= 15 is 0 Å². The number of amides is 1. The van der Waals surface area contributed by atoms with E-state index in [2.05, 4.69) is 10.3 Å². The first kappa shape index (κ1) is 15.9. The van der Waals surface area contributed by atoms with Crippen molar-refractivity contribution in [1.82, 2.24) is 4.98 Å². The first-order chi connectivity index (χ1) is 10.8. The second-order valence-electron chi connectivity index (χ2n) is 5.88. The molecule has 124 valence electrons. The van der Waals surface area contributed by atoms with E-state index in [0.717, 1.165) is 16.5 Å². The van der Waals surface area contributed by atoms with Crippen molar-refractivity contribution in [3.63, 3.8) is 0 Å². The molecule has 23 heavy (non-hydrogen) atoms. The summed E-state index contributed by atoms with van der Waals surface area (Å²) in [5.74, 6) is -1.01. The van der Waals surface area contributed by atoms with E-state index in [4.69, 9.17) is 4.74 Å². The van der Waals surface area contributed by atoms with Crippen molar-refractivity contribution in [2.45, 2.75) is 25.9 Å². The molecule has 1 saturated heterocycles. The van der Waals surface area contributed by atoms with Crippen LogP contribution < -0.4 is 5.32 Å². The van der Waals surface area contributed by atoms with Crippen LogP contribution >= 0.6 is 0 Å². The number of carbonyl (C=O) groups is 1. The number of hydrogen-bond acceptors (Lipinski definition) is 2. The third kappa shape index (κ3) is 2.69. The van der Waals surface area contributed by atoms with Crippen LogP contribution in [0.25, 0.3) is 10.9 Å². The molecule has 1 aromatic heterocycles. The number of H-pyrrole nitrogens is 1. The van der Waals surface area contributed by atoms with E-state index in [0.29, 0.717) is 5.69 Å². The van der Waals surface area contributed by atoms with E-state index in [1.165, 1.54) is 0 Å². The molecule has 2 N–H and O–H groups in total. The quantitative estimate of drug-likeness (QED) is 0.882. The van der Waals surface area contributed by atoms with Gasteiger partial charge in [0, 0.05) is 36.0 Å². The van der Waals surface area contributed by atoms with Crippen LogP contribution in [0.2, 0.25) is 0 Å². The molecule has 2 heterocycles. The molecule has 2 aromatic rings. The number of aromatic nitrogens is 1. The summed E-state index contributed by atoms with van der Waals surface area (Å²) >= 11 is 0. The molecule has 0 atom stereocenters. The van der Waals surface area contributed by atoms with Crippen molar-refractivity contribution in [3.8, 4) is 0 Å². The number of rotatable bonds is 2. The predicted octanol–water partition coefficient (Wildman–Crippen LogP) is 3.77. The van der Waals surface area contributed by atoms with E-state index in [-0.39, 0.29) is 26.1 Å². The maximum atomic E-state index is 13.5. The number of fused-ring (bicyclic) bond motifs is 1. The molecule has 0 radical (unpaired) electrons. The zero-order valence-corrected chi connectivity index (χ0v) is 12.6. The van der Waals surface area contributed by atoms with Crippen LogP contribution in [0, 0.1) is 12.3 Å². The zero-order valence-electron chi connectivity index (χ0n) is 12.6. The van der Waals surface area contributed by atoms with E-state index in [1.807, 2.05) is 13.1 Å². The molecular weight excluding hydrogens is 309 g/mol. The number of ether oxygens (including phenoxy) is 1. The van der Waals surface area contributed by atoms with E-state index in [9.17, 15) is 18.0 Å². The fraction of sp³-hybridized carbons (Fsp3) is 0.438. The topological polar surface area (TPSA) is 54.1 Å². The number of halogens is 3. The molecule has 1 aromatic carbocycles. The van der Waals surface area contributed by atoms with Crippen LogP contribution in [-0.4, -0.2) is 30.3 Å². The number of aromatic amines is 1. The van der Waals surface area contributed by atoms with E-state index < -0.39 is 17.5 Å². The van der Waals surface area contributed by atoms with Crippen molar-refractivity contribution in [2.24, 2.45) is 5.41 Å². The highest BCUT2D eigenvalue weighted by molar-refractivity contribution is 5.98. The average molecular weight is 326 g/mol. The van der Waals surface area contributed by atoms with Gasteiger partial charge in [0.25, 0.3) is 0 Å². The lowest BCUT2D eigenvalue weighted by Gasteiger charge is -2.37. The number of carbonyl (C=O) groups excluding carboxylic acids is 1. The summed E-state index contributed by atoms with van der Waals surface area (Å²) in [5.41, 5.74) is -0.182. The maximum Gasteiger partial charge on any atom is 0.403 e. The number of nitrogens with one attached hydrogen (secondary N) is 2. The first-order valence-corrected chi connectivity index (χ1v) is 7.37. The Labute approximate surface area is 131 Å². The molecule has 0 aliphatic carbocycles. The van der Waals surface area contributed by atoms with Gasteiger partial charge in [-0.05, 0) is 43.5 Å². The summed E-state index contributed by atoms with van der Waals surface area (Å²) in [6.45, 7) is 1.76. The molecule has 0 unspecified atom stereocenters. The summed E-state index contributed by atoms with van der Waals surface area (Å²) in [6.07, 6.45) is -3.50. The SMILES string of the molecule is Cc1c[nH]c2ccc(NC(=O)C3(C(F)(F)F)CCOCC3)cc12. The van der Waals surface area contributed by atoms with Gasteiger partial charge in [0.05, 0.1) is 0 Å². The number of benzene rings is 1. The smallest absolute Gasteiger partial charge is 0.381 e. The Hall–Kier alpha value is -2.02. The Morgan fingerprint density at radius 2 is 2.00 bits per heavy atom. The molecule has 4 nitrogen and oxygen atoms in total. The van der Waals surface area contributed by atoms with Crippen molar-refractivity contribution < 1.29 is 22.7 Å². The van der Waals surface area contributed by atoms with Gasteiger partial charge in [-0.1, -0.05) is 0 Å². The maximum absolute atomic E-state index is 13.5. The van der Waals surface area contributed by atoms with Crippen LogP contribution in [0.4, 0.5) is 18.9 Å². The molecule has 1 aliphatic heterocycles. The second kappa shape index (κ2) is 5.56. The Bertz CT molecular complexity index is 730. The van der Waals surface area contributed by atoms with Crippen LogP contribution in [0.1, 0.15) is 18.4 Å². The molecule has 3 rings (SSSR count). The largest absolute Gasteiger partial charge is 0.403 e. The van der Waals surface area contributed by atoms with Gasteiger partial charge < -0.3 is 15.0 Å². The number of hydrogen-bond donors (Lipinski definition) is 2. The summed E-state index contributed by atoms with van der Waals surface area (Å²) in [4.78, 5) is 15.5. The van der Waals surface area contributed by atoms with Gasteiger partial charge >= 0.3 is 6.18 Å². The average Bonchev–Trinajstić information content (AvgIpc) is 2.88. The fourth-order valence-electron chi connectivity index (χ4n) is 2.95. The third-order valence-corrected chi connectivity index (χ3v) is 4.47. The van der Waals surface area contributed by atoms with Gasteiger partial charge in [0.15, 0.2) is 0 Å². The minimum absolute atomic E-state index is 0.0666. The van der Waals surface area contributed by atoms with Crippen molar-refractivity contribution in [2.75, 3.05) is 18.5 Å². The van der Waals surface area contributed by atoms with Crippen molar-refractivity contribution in [3.05, 3.63) is 30.0 Å². The minimum Gasteiger partial charge on any atom is -0.381 e. The number of aryl methyl sites for hydroxylation is 1. The second-order valence-corrected chi connectivity index (χ2v) is 5.88. The highest BCUT2D eigenvalue weighted by Crippen LogP contribution is 2.46. The molecule has 0 bridgehead atoms. The summed E-state index contributed by atoms with van der Waals surface area (Å²) in [7, 11) is 0. The molecule has 0 saturated carbocycles. The molecule has 1 amide bonds. The van der Waals surface area contributed by atoms with Gasteiger partial charge in [0.1, 0.15) is 5.41 Å². The normalized spacial score (nSPS) is 18.1. The highest BCUT2D eigenvalue weighted by atomic mass is 19.4. The highest BCUT2D eigenvalue weighted by Gasteiger charge is 2.60. The molecule has 7 heteroatoms. The van der Waals surface area contributed by atoms with Crippen LogP contribution in [0.5, 0.6) is 0 Å². The van der Waals surface area contributed by atoms with Gasteiger partial charge in [0.2, 0.25) is 5.91 Å². The Morgan fingerprint density at radius 3 is 2.65 bits per heavy atom. The molecular formula is C16H17F3N2O2. The van der Waals surface area contributed by atoms with Crippen molar-refractivity contribution >= 4 is 22.5 Å². The molecule has 1 aliphatic rings. The summed E-state index contributed by atoms with van der Waals surface area (Å²) in [6, 6.07) is 5.02. The van der Waals surface area contributed by atoms with Gasteiger partial charge in [-0.3, -0.25) is 4.79 Å². The van der Waals surface area contributed by atoms with E-state index in [1.54, 1.807) is 18.2 Å². The monoisotopic (exact) mass is 326 g/mol. The van der Waals surface area contributed by atoms with Gasteiger partial charge in [-0.15, -0.1) is 0 Å². The van der Waals surface area contributed by atoms with Gasteiger partial charge in [-0.25, -0.2) is 0 Å². The van der Waals surface area contributed by atoms with Crippen LogP contribution in [0.3, 0.4) is 0 Å². The Balaban J connectivity index is 1.89. The van der Waals surface area contributed by atoms with Crippen LogP contribution in [0.15, 0.2) is 24.4 Å². The lowest BCUT2D eigenvalue weighted by atomic mass is 9.78. The fourth-order valence-corrected chi connectivity index (χ4v) is 2.95. The lowest BCUT2D eigenvalue weighted by Crippen LogP contribution is -2.51. The molecule has 1 fully saturated rings. The zero-order chi connectivity index (χ0) is 16.7. The standard InChI is InChI=1S/C16H17F3N2O2/c1-10-9-20-13-3-2-11(8-12(10)13)21-14(22)15(16(17,18)19)4-6-23-7-5-15/h2-3,8-9,20H,4-7H2,1H3,(H,21,22). The predicted molar refractivity (Wildman–Crippen MR) is 80.2 cm³/mol. The Morgan fingerprint density at radius 1 is 1.30 bits per heavy atom.